The van der Waals surface area contributed by atoms with E-state index in [2.05, 4.69) is 31.9 Å². The number of nitrogens with two attached hydrogens (primary N) is 1. The van der Waals surface area contributed by atoms with Gasteiger partial charge in [-0.3, -0.25) is 0 Å². The molecule has 3 rings (SSSR count). The van der Waals surface area contributed by atoms with Gasteiger partial charge in [0.2, 0.25) is 0 Å². The van der Waals surface area contributed by atoms with Gasteiger partial charge in [0.1, 0.15) is 0 Å². The van der Waals surface area contributed by atoms with Crippen molar-refractivity contribution in [3.63, 3.8) is 0 Å². The fourth-order valence-corrected chi connectivity index (χ4v) is 3.60. The van der Waals surface area contributed by atoms with Gasteiger partial charge in [-0.05, 0) is 35.4 Å². The number of hydrogen-bond donors (Lipinski definition) is 1. The minimum atomic E-state index is -0.218. The van der Waals surface area contributed by atoms with Gasteiger partial charge in [0.05, 0.1) is 19.3 Å². The lowest BCUT2D eigenvalue weighted by Crippen LogP contribution is -2.12. The minimum Gasteiger partial charge on any atom is -0.490 e. The van der Waals surface area contributed by atoms with E-state index in [-0.39, 0.29) is 6.04 Å². The Morgan fingerprint density at radius 2 is 1.71 bits per heavy atom. The molecule has 3 nitrogen and oxygen atoms in total. The van der Waals surface area contributed by atoms with Crippen LogP contribution in [0.5, 0.6) is 11.5 Å². The van der Waals surface area contributed by atoms with E-state index >= 15 is 0 Å². The van der Waals surface area contributed by atoms with Crippen molar-refractivity contribution < 1.29 is 9.47 Å². The van der Waals surface area contributed by atoms with Crippen molar-refractivity contribution in [2.75, 3.05) is 13.2 Å². The van der Waals surface area contributed by atoms with Gasteiger partial charge >= 0.3 is 0 Å². The molecule has 1 unspecified atom stereocenters. The van der Waals surface area contributed by atoms with E-state index in [1.165, 1.54) is 0 Å². The van der Waals surface area contributed by atoms with Gasteiger partial charge in [0.15, 0.2) is 11.5 Å². The van der Waals surface area contributed by atoms with E-state index in [9.17, 15) is 0 Å². The molecular weight excluding hydrogens is 398 g/mol. The van der Waals surface area contributed by atoms with E-state index in [0.29, 0.717) is 13.2 Å². The van der Waals surface area contributed by atoms with Crippen molar-refractivity contribution in [3.8, 4) is 11.5 Å². The van der Waals surface area contributed by atoms with Gasteiger partial charge < -0.3 is 15.2 Å². The molecule has 0 aromatic heterocycles. The molecule has 1 heterocycles. The van der Waals surface area contributed by atoms with Gasteiger partial charge in [-0.15, -0.1) is 0 Å². The first-order chi connectivity index (χ1) is 10.1. The summed E-state index contributed by atoms with van der Waals surface area (Å²) in [5, 5.41) is 0. The topological polar surface area (TPSA) is 44.5 Å². The number of rotatable bonds is 2. The van der Waals surface area contributed by atoms with Gasteiger partial charge in [0, 0.05) is 15.4 Å². The fourth-order valence-electron chi connectivity index (χ4n) is 2.31. The highest BCUT2D eigenvalue weighted by atomic mass is 79.9. The van der Waals surface area contributed by atoms with Crippen LogP contribution in [0.15, 0.2) is 45.3 Å². The van der Waals surface area contributed by atoms with Crippen LogP contribution in [0.3, 0.4) is 0 Å². The number of benzene rings is 2. The first-order valence-electron chi connectivity index (χ1n) is 6.75. The van der Waals surface area contributed by atoms with E-state index in [0.717, 1.165) is 38.0 Å². The maximum absolute atomic E-state index is 6.40. The summed E-state index contributed by atoms with van der Waals surface area (Å²) >= 11 is 7.02. The van der Waals surface area contributed by atoms with Crippen molar-refractivity contribution in [3.05, 3.63) is 56.5 Å². The van der Waals surface area contributed by atoms with Crippen LogP contribution in [0.4, 0.5) is 0 Å². The molecule has 110 valence electrons. The smallest absolute Gasteiger partial charge is 0.161 e. The fraction of sp³-hybridized carbons (Fsp3) is 0.250. The number of fused-ring (bicyclic) bond motifs is 1. The first kappa shape index (κ1) is 14.9. The third-order valence-electron chi connectivity index (χ3n) is 3.43. The summed E-state index contributed by atoms with van der Waals surface area (Å²) in [4.78, 5) is 0. The Balaban J connectivity index is 1.94. The zero-order chi connectivity index (χ0) is 14.8. The zero-order valence-corrected chi connectivity index (χ0v) is 14.5. The Labute approximate surface area is 140 Å². The third kappa shape index (κ3) is 3.25. The van der Waals surface area contributed by atoms with E-state index in [1.807, 2.05) is 36.4 Å². The average Bonchev–Trinajstić information content (AvgIpc) is 2.71. The lowest BCUT2D eigenvalue weighted by atomic mass is 9.99. The van der Waals surface area contributed by atoms with E-state index in [4.69, 9.17) is 15.2 Å². The van der Waals surface area contributed by atoms with Gasteiger partial charge in [-0.1, -0.05) is 44.0 Å². The van der Waals surface area contributed by atoms with E-state index < -0.39 is 0 Å². The summed E-state index contributed by atoms with van der Waals surface area (Å²) in [7, 11) is 0. The Morgan fingerprint density at radius 1 is 0.952 bits per heavy atom. The minimum absolute atomic E-state index is 0.218. The molecule has 2 aromatic rings. The second kappa shape index (κ2) is 6.38. The summed E-state index contributed by atoms with van der Waals surface area (Å²) in [6.45, 7) is 1.37. The largest absolute Gasteiger partial charge is 0.490 e. The quantitative estimate of drug-likeness (QED) is 0.793. The molecule has 1 aliphatic heterocycles. The average molecular weight is 413 g/mol. The molecule has 1 aliphatic rings. The maximum Gasteiger partial charge on any atom is 0.161 e. The molecule has 0 radical (unpaired) electrons. The molecule has 2 aromatic carbocycles. The Hall–Kier alpha value is -1.04. The van der Waals surface area contributed by atoms with Gasteiger partial charge in [-0.2, -0.15) is 0 Å². The predicted molar refractivity (Wildman–Crippen MR) is 89.9 cm³/mol. The molecule has 0 aliphatic carbocycles. The van der Waals surface area contributed by atoms with Crippen LogP contribution < -0.4 is 15.2 Å². The molecular formula is C16H15Br2NO2. The van der Waals surface area contributed by atoms with Crippen molar-refractivity contribution in [1.82, 2.24) is 0 Å². The van der Waals surface area contributed by atoms with Crippen molar-refractivity contribution in [1.29, 1.82) is 0 Å². The highest BCUT2D eigenvalue weighted by Crippen LogP contribution is 2.35. The van der Waals surface area contributed by atoms with Crippen LogP contribution >= 0.6 is 31.9 Å². The molecule has 5 heteroatoms. The molecule has 0 saturated carbocycles. The molecule has 21 heavy (non-hydrogen) atoms. The van der Waals surface area contributed by atoms with Crippen LogP contribution in [0, 0.1) is 0 Å². The molecule has 0 spiro atoms. The number of ether oxygens (including phenoxy) is 2. The van der Waals surface area contributed by atoms with Crippen LogP contribution in [0.2, 0.25) is 0 Å². The van der Waals surface area contributed by atoms with Crippen LogP contribution in [0.1, 0.15) is 23.6 Å². The summed E-state index contributed by atoms with van der Waals surface area (Å²) in [5.74, 6) is 1.56. The highest BCUT2D eigenvalue weighted by Gasteiger charge is 2.16. The molecule has 0 amide bonds. The standard InChI is InChI=1S/C16H15Br2NO2/c17-11-3-4-12(13(18)9-11)16(19)10-2-5-14-15(8-10)21-7-1-6-20-14/h2-5,8-9,16H,1,6-7,19H2. The number of hydrogen-bond acceptors (Lipinski definition) is 3. The van der Waals surface area contributed by atoms with Crippen LogP contribution in [-0.2, 0) is 0 Å². The maximum atomic E-state index is 6.40. The predicted octanol–water partition coefficient (Wildman–Crippen LogP) is 4.42. The lowest BCUT2D eigenvalue weighted by Gasteiger charge is -2.16. The summed E-state index contributed by atoms with van der Waals surface area (Å²) < 4.78 is 13.4. The summed E-state index contributed by atoms with van der Waals surface area (Å²) in [6, 6.07) is 11.7. The molecule has 0 bridgehead atoms. The van der Waals surface area contributed by atoms with Crippen LogP contribution in [-0.4, -0.2) is 13.2 Å². The Bertz CT molecular complexity index is 661. The van der Waals surface area contributed by atoms with Crippen molar-refractivity contribution >= 4 is 31.9 Å². The Kier molecular flexibility index (Phi) is 4.52. The molecule has 2 N–H and O–H groups in total. The van der Waals surface area contributed by atoms with E-state index in [1.54, 1.807) is 0 Å². The van der Waals surface area contributed by atoms with Crippen molar-refractivity contribution in [2.45, 2.75) is 12.5 Å². The monoisotopic (exact) mass is 411 g/mol. The summed E-state index contributed by atoms with van der Waals surface area (Å²) in [5.41, 5.74) is 8.43. The first-order valence-corrected chi connectivity index (χ1v) is 8.34. The zero-order valence-electron chi connectivity index (χ0n) is 11.3. The molecule has 1 atom stereocenters. The molecule has 0 fully saturated rings. The number of halogens is 2. The van der Waals surface area contributed by atoms with Crippen molar-refractivity contribution in [2.24, 2.45) is 5.73 Å². The second-order valence-corrected chi connectivity index (χ2v) is 6.67. The highest BCUT2D eigenvalue weighted by molar-refractivity contribution is 9.11. The normalized spacial score (nSPS) is 15.4. The van der Waals surface area contributed by atoms with Crippen LogP contribution in [0.25, 0.3) is 0 Å². The second-order valence-electron chi connectivity index (χ2n) is 4.90. The Morgan fingerprint density at radius 3 is 2.48 bits per heavy atom. The lowest BCUT2D eigenvalue weighted by molar-refractivity contribution is 0.297. The third-order valence-corrected chi connectivity index (χ3v) is 4.61. The van der Waals surface area contributed by atoms with Gasteiger partial charge in [0.25, 0.3) is 0 Å². The molecule has 0 saturated heterocycles. The van der Waals surface area contributed by atoms with Gasteiger partial charge in [-0.25, -0.2) is 0 Å². The summed E-state index contributed by atoms with van der Waals surface area (Å²) in [6.07, 6.45) is 0.897. The SMILES string of the molecule is NC(c1ccc2c(c1)OCCCO2)c1ccc(Br)cc1Br.